The van der Waals surface area contributed by atoms with Gasteiger partial charge in [-0.3, -0.25) is 4.98 Å². The fraction of sp³-hybridized carbons (Fsp3) is 0.364. The number of fused-ring (bicyclic) bond motifs is 1. The summed E-state index contributed by atoms with van der Waals surface area (Å²) in [4.78, 5) is 5.60. The Labute approximate surface area is 82.4 Å². The summed E-state index contributed by atoms with van der Waals surface area (Å²) in [6, 6.07) is 2.11. The van der Waals surface area contributed by atoms with Crippen molar-refractivity contribution in [2.24, 2.45) is 5.92 Å². The van der Waals surface area contributed by atoms with E-state index in [1.807, 2.05) is 23.7 Å². The minimum absolute atomic E-state index is 0.731. The van der Waals surface area contributed by atoms with Crippen LogP contribution < -0.4 is 0 Å². The second-order valence-electron chi connectivity index (χ2n) is 3.72. The highest BCUT2D eigenvalue weighted by Crippen LogP contribution is 2.26. The quantitative estimate of drug-likeness (QED) is 0.708. The van der Waals surface area contributed by atoms with Gasteiger partial charge in [0.05, 0.1) is 0 Å². The number of nitrogens with zero attached hydrogens (tertiary/aromatic N) is 1. The van der Waals surface area contributed by atoms with Crippen molar-refractivity contribution >= 4 is 22.1 Å². The number of hydrogen-bond donors (Lipinski definition) is 0. The lowest BCUT2D eigenvalue weighted by atomic mass is 10.1. The van der Waals surface area contributed by atoms with Crippen molar-refractivity contribution in [3.8, 4) is 0 Å². The van der Waals surface area contributed by atoms with Crippen LogP contribution >= 0.6 is 11.3 Å². The molecule has 68 valence electrons. The normalized spacial score (nSPS) is 11.3. The third-order valence-electron chi connectivity index (χ3n) is 2.07. The van der Waals surface area contributed by atoms with Crippen molar-refractivity contribution in [2.45, 2.75) is 20.3 Å². The van der Waals surface area contributed by atoms with Gasteiger partial charge in [0.2, 0.25) is 0 Å². The summed E-state index contributed by atoms with van der Waals surface area (Å²) in [5.41, 5.74) is 0. The average molecular weight is 191 g/mol. The van der Waals surface area contributed by atoms with E-state index in [2.05, 4.69) is 30.3 Å². The van der Waals surface area contributed by atoms with Crippen LogP contribution in [-0.2, 0) is 6.42 Å². The van der Waals surface area contributed by atoms with E-state index >= 15 is 0 Å². The Morgan fingerprint density at radius 3 is 3.08 bits per heavy atom. The summed E-state index contributed by atoms with van der Waals surface area (Å²) in [5.74, 6) is 0.731. The predicted molar refractivity (Wildman–Crippen MR) is 58.2 cm³/mol. The van der Waals surface area contributed by atoms with Gasteiger partial charge in [0.25, 0.3) is 0 Å². The fourth-order valence-electron chi connectivity index (χ4n) is 1.48. The largest absolute Gasteiger partial charge is 0.264 e. The summed E-state index contributed by atoms with van der Waals surface area (Å²) < 4.78 is 0. The molecule has 0 fully saturated rings. The maximum Gasteiger partial charge on any atom is 0.0354 e. The number of aromatic nitrogens is 1. The number of pyridine rings is 1. The van der Waals surface area contributed by atoms with E-state index in [4.69, 9.17) is 0 Å². The first-order chi connectivity index (χ1) is 6.27. The maximum atomic E-state index is 4.11. The summed E-state index contributed by atoms with van der Waals surface area (Å²) in [7, 11) is 0. The molecule has 2 heterocycles. The van der Waals surface area contributed by atoms with E-state index in [9.17, 15) is 0 Å². The minimum atomic E-state index is 0.731. The van der Waals surface area contributed by atoms with Gasteiger partial charge in [-0.25, -0.2) is 0 Å². The predicted octanol–water partition coefficient (Wildman–Crippen LogP) is 3.49. The zero-order valence-corrected chi connectivity index (χ0v) is 8.77. The lowest BCUT2D eigenvalue weighted by Crippen LogP contribution is -1.90. The van der Waals surface area contributed by atoms with Crippen molar-refractivity contribution in [3.63, 3.8) is 0 Å². The Morgan fingerprint density at radius 2 is 2.31 bits per heavy atom. The highest BCUT2D eigenvalue weighted by molar-refractivity contribution is 7.11. The van der Waals surface area contributed by atoms with E-state index in [0.717, 1.165) is 5.92 Å². The Morgan fingerprint density at radius 1 is 1.46 bits per heavy atom. The Balaban J connectivity index is 2.46. The SMILES string of the molecule is CC(C)Cc1scc2cnccc12. The topological polar surface area (TPSA) is 12.9 Å². The molecule has 0 aliphatic rings. The molecule has 0 radical (unpaired) electrons. The van der Waals surface area contributed by atoms with Crippen LogP contribution in [0.5, 0.6) is 0 Å². The molecule has 0 aliphatic heterocycles. The van der Waals surface area contributed by atoms with Gasteiger partial charge in [-0.15, -0.1) is 11.3 Å². The van der Waals surface area contributed by atoms with Gasteiger partial charge in [0.15, 0.2) is 0 Å². The highest BCUT2D eigenvalue weighted by Gasteiger charge is 2.05. The Bertz CT molecular complexity index is 403. The second kappa shape index (κ2) is 3.46. The van der Waals surface area contributed by atoms with Crippen molar-refractivity contribution in [1.29, 1.82) is 0 Å². The van der Waals surface area contributed by atoms with E-state index < -0.39 is 0 Å². The van der Waals surface area contributed by atoms with Crippen LogP contribution in [0.1, 0.15) is 18.7 Å². The molecule has 2 aromatic rings. The first-order valence-corrected chi connectivity index (χ1v) is 5.45. The van der Waals surface area contributed by atoms with E-state index in [1.54, 1.807) is 0 Å². The Kier molecular flexibility index (Phi) is 2.32. The molecule has 2 aromatic heterocycles. The summed E-state index contributed by atoms with van der Waals surface area (Å²) in [6.45, 7) is 4.51. The standard InChI is InChI=1S/C11H13NS/c1-8(2)5-11-10-3-4-12-6-9(10)7-13-11/h3-4,6-8H,5H2,1-2H3. The number of rotatable bonds is 2. The van der Waals surface area contributed by atoms with Crippen molar-refractivity contribution in [1.82, 2.24) is 4.98 Å². The lowest BCUT2D eigenvalue weighted by molar-refractivity contribution is 0.656. The van der Waals surface area contributed by atoms with Gasteiger partial charge < -0.3 is 0 Å². The molecule has 0 unspecified atom stereocenters. The summed E-state index contributed by atoms with van der Waals surface area (Å²) >= 11 is 1.85. The van der Waals surface area contributed by atoms with Crippen LogP contribution in [0, 0.1) is 5.92 Å². The fourth-order valence-corrected chi connectivity index (χ4v) is 2.68. The monoisotopic (exact) mass is 191 g/mol. The van der Waals surface area contributed by atoms with Crippen molar-refractivity contribution < 1.29 is 0 Å². The molecule has 0 amide bonds. The second-order valence-corrected chi connectivity index (χ2v) is 4.68. The molecular weight excluding hydrogens is 178 g/mol. The van der Waals surface area contributed by atoms with Gasteiger partial charge in [-0.05, 0) is 23.8 Å². The smallest absolute Gasteiger partial charge is 0.0354 e. The van der Waals surface area contributed by atoms with E-state index in [-0.39, 0.29) is 0 Å². The van der Waals surface area contributed by atoms with Crippen LogP contribution in [-0.4, -0.2) is 4.98 Å². The number of hydrogen-bond acceptors (Lipinski definition) is 2. The first kappa shape index (κ1) is 8.70. The molecule has 2 heteroatoms. The van der Waals surface area contributed by atoms with Gasteiger partial charge in [-0.1, -0.05) is 13.8 Å². The van der Waals surface area contributed by atoms with Crippen LogP contribution in [0.2, 0.25) is 0 Å². The van der Waals surface area contributed by atoms with Gasteiger partial charge in [-0.2, -0.15) is 0 Å². The molecule has 0 saturated heterocycles. The highest BCUT2D eigenvalue weighted by atomic mass is 32.1. The third-order valence-corrected chi connectivity index (χ3v) is 3.12. The van der Waals surface area contributed by atoms with Crippen molar-refractivity contribution in [2.75, 3.05) is 0 Å². The molecule has 0 spiro atoms. The Hall–Kier alpha value is -0.890. The maximum absolute atomic E-state index is 4.11. The first-order valence-electron chi connectivity index (χ1n) is 4.57. The molecule has 0 atom stereocenters. The van der Waals surface area contributed by atoms with Crippen LogP contribution in [0.15, 0.2) is 23.8 Å². The zero-order chi connectivity index (χ0) is 9.26. The van der Waals surface area contributed by atoms with E-state index in [1.165, 1.54) is 22.1 Å². The molecule has 0 N–H and O–H groups in total. The van der Waals surface area contributed by atoms with Gasteiger partial charge in [0, 0.05) is 28.0 Å². The van der Waals surface area contributed by atoms with Crippen LogP contribution in [0.3, 0.4) is 0 Å². The zero-order valence-electron chi connectivity index (χ0n) is 7.95. The molecular formula is C11H13NS. The minimum Gasteiger partial charge on any atom is -0.264 e. The van der Waals surface area contributed by atoms with Crippen LogP contribution in [0.25, 0.3) is 10.8 Å². The number of thiophene rings is 1. The third kappa shape index (κ3) is 1.73. The molecule has 0 bridgehead atoms. The van der Waals surface area contributed by atoms with Crippen molar-refractivity contribution in [3.05, 3.63) is 28.7 Å². The average Bonchev–Trinajstić information content (AvgIpc) is 2.48. The molecule has 13 heavy (non-hydrogen) atoms. The lowest BCUT2D eigenvalue weighted by Gasteiger charge is -2.01. The van der Waals surface area contributed by atoms with Gasteiger partial charge >= 0.3 is 0 Å². The van der Waals surface area contributed by atoms with E-state index in [0.29, 0.717) is 0 Å². The van der Waals surface area contributed by atoms with Crippen LogP contribution in [0.4, 0.5) is 0 Å². The molecule has 1 nitrogen and oxygen atoms in total. The summed E-state index contributed by atoms with van der Waals surface area (Å²) in [5, 5.41) is 4.86. The molecule has 0 saturated carbocycles. The molecule has 0 aliphatic carbocycles. The molecule has 0 aromatic carbocycles. The molecule has 2 rings (SSSR count). The van der Waals surface area contributed by atoms with Gasteiger partial charge in [0.1, 0.15) is 0 Å². The summed E-state index contributed by atoms with van der Waals surface area (Å²) in [6.07, 6.45) is 4.99.